The fourth-order valence-electron chi connectivity index (χ4n) is 6.24. The molecule has 0 bridgehead atoms. The number of hydrogen-bond donors (Lipinski definition) is 5. The van der Waals surface area contributed by atoms with E-state index in [1.54, 1.807) is 4.90 Å². The van der Waals surface area contributed by atoms with Gasteiger partial charge in [0.2, 0.25) is 11.8 Å². The van der Waals surface area contributed by atoms with E-state index in [2.05, 4.69) is 20.6 Å². The second-order valence-corrected chi connectivity index (χ2v) is 10.6. The second-order valence-electron chi connectivity index (χ2n) is 10.6. The molecule has 4 heterocycles. The predicted molar refractivity (Wildman–Crippen MR) is 143 cm³/mol. The van der Waals surface area contributed by atoms with E-state index >= 15 is 0 Å². The Morgan fingerprint density at radius 1 is 1.07 bits per heavy atom. The number of benzene rings is 2. The van der Waals surface area contributed by atoms with E-state index in [9.17, 15) is 32.7 Å². The molecule has 15 heteroatoms. The molecule has 2 aromatic carbocycles. The van der Waals surface area contributed by atoms with Crippen molar-refractivity contribution in [2.24, 2.45) is 21.5 Å². The molecule has 6 rings (SSSR count). The zero-order chi connectivity index (χ0) is 30.0. The highest BCUT2D eigenvalue weighted by molar-refractivity contribution is 6.02. The molecule has 1 spiro atoms. The molecule has 2 aromatic rings. The molecule has 7 N–H and O–H groups in total. The average Bonchev–Trinajstić information content (AvgIpc) is 3.57. The normalized spacial score (nSPS) is 28.7. The summed E-state index contributed by atoms with van der Waals surface area (Å²) in [6, 6.07) is 8.29. The molecule has 0 unspecified atom stereocenters. The summed E-state index contributed by atoms with van der Waals surface area (Å²) in [5, 5.41) is 17.3. The van der Waals surface area contributed by atoms with Gasteiger partial charge >= 0.3 is 6.18 Å². The van der Waals surface area contributed by atoms with Crippen LogP contribution in [0.25, 0.3) is 11.1 Å². The van der Waals surface area contributed by atoms with Gasteiger partial charge in [-0.15, -0.1) is 0 Å². The minimum Gasteiger partial charge on any atom is -0.386 e. The van der Waals surface area contributed by atoms with Crippen LogP contribution in [0.15, 0.2) is 58.5 Å². The summed E-state index contributed by atoms with van der Waals surface area (Å²) >= 11 is 0. The second kappa shape index (κ2) is 9.72. The summed E-state index contributed by atoms with van der Waals surface area (Å²) in [5.74, 6) is -1.23. The summed E-state index contributed by atoms with van der Waals surface area (Å²) in [6.07, 6.45) is -5.65. The number of halogens is 3. The van der Waals surface area contributed by atoms with Crippen molar-refractivity contribution in [3.05, 3.63) is 59.7 Å². The van der Waals surface area contributed by atoms with E-state index in [0.717, 1.165) is 11.0 Å². The van der Waals surface area contributed by atoms with Crippen LogP contribution in [0, 0.1) is 0 Å². The van der Waals surface area contributed by atoms with E-state index in [0.29, 0.717) is 0 Å². The molecule has 4 aliphatic heterocycles. The maximum atomic E-state index is 13.5. The minimum absolute atomic E-state index is 0.000251. The van der Waals surface area contributed by atoms with Crippen LogP contribution in [-0.2, 0) is 15.8 Å². The zero-order valence-electron chi connectivity index (χ0n) is 22.0. The molecule has 4 aliphatic rings. The molecule has 0 saturated carbocycles. The Hall–Kier alpha value is -4.66. The largest absolute Gasteiger partial charge is 0.417 e. The maximum absolute atomic E-state index is 13.5. The lowest BCUT2D eigenvalue weighted by atomic mass is 9.87. The van der Waals surface area contributed by atoms with Gasteiger partial charge in [0.15, 0.2) is 17.6 Å². The Labute approximate surface area is 237 Å². The number of hydrogen-bond acceptors (Lipinski definition) is 10. The Kier molecular flexibility index (Phi) is 6.36. The van der Waals surface area contributed by atoms with Crippen molar-refractivity contribution < 1.29 is 32.7 Å². The zero-order valence-corrected chi connectivity index (χ0v) is 22.0. The highest BCUT2D eigenvalue weighted by atomic mass is 19.4. The van der Waals surface area contributed by atoms with Gasteiger partial charge in [-0.3, -0.25) is 19.3 Å². The topological polar surface area (TPSA) is 179 Å². The molecule has 3 amide bonds. The van der Waals surface area contributed by atoms with E-state index in [1.165, 1.54) is 42.5 Å². The number of amides is 3. The van der Waals surface area contributed by atoms with Crippen molar-refractivity contribution in [3.63, 3.8) is 0 Å². The first-order valence-corrected chi connectivity index (χ1v) is 13.2. The first-order valence-electron chi connectivity index (χ1n) is 13.2. The van der Waals surface area contributed by atoms with Gasteiger partial charge in [0.25, 0.3) is 5.91 Å². The molecule has 5 atom stereocenters. The fraction of sp³-hybridized carbons (Fsp3) is 0.370. The number of carbonyl (C=O) groups excluding carboxylic acids is 3. The number of guanidine groups is 2. The van der Waals surface area contributed by atoms with Crippen molar-refractivity contribution in [1.29, 1.82) is 0 Å². The molecular weight excluding hydrogens is 557 g/mol. The van der Waals surface area contributed by atoms with Gasteiger partial charge < -0.3 is 32.1 Å². The Bertz CT molecular complexity index is 1510. The predicted octanol–water partition coefficient (Wildman–Crippen LogP) is -0.0240. The van der Waals surface area contributed by atoms with Gasteiger partial charge in [0.1, 0.15) is 12.1 Å². The first kappa shape index (κ1) is 27.5. The quantitative estimate of drug-likeness (QED) is 0.304. The number of aliphatic hydroxyl groups is 1. The third-order valence-corrected chi connectivity index (χ3v) is 8.19. The van der Waals surface area contributed by atoms with Crippen LogP contribution in [0.3, 0.4) is 0 Å². The van der Waals surface area contributed by atoms with Crippen LogP contribution >= 0.6 is 0 Å². The third-order valence-electron chi connectivity index (χ3n) is 8.19. The number of carbonyl (C=O) groups is 3. The lowest BCUT2D eigenvalue weighted by molar-refractivity contribution is -0.139. The molecule has 220 valence electrons. The van der Waals surface area contributed by atoms with Crippen LogP contribution in [0.5, 0.6) is 0 Å². The molecular formula is C27H27F3N8O4. The molecule has 42 heavy (non-hydrogen) atoms. The van der Waals surface area contributed by atoms with Gasteiger partial charge in [-0.25, -0.2) is 9.98 Å². The lowest BCUT2D eigenvalue weighted by Gasteiger charge is -2.46. The number of likely N-dealkylation sites (tertiary alicyclic amines) is 1. The maximum Gasteiger partial charge on any atom is 0.417 e. The van der Waals surface area contributed by atoms with Gasteiger partial charge in [-0.05, 0) is 29.3 Å². The van der Waals surface area contributed by atoms with Crippen molar-refractivity contribution in [3.8, 4) is 11.1 Å². The van der Waals surface area contributed by atoms with Crippen molar-refractivity contribution in [1.82, 2.24) is 20.4 Å². The number of imide groups is 1. The molecule has 0 radical (unpaired) electrons. The molecule has 0 aromatic heterocycles. The summed E-state index contributed by atoms with van der Waals surface area (Å²) in [4.78, 5) is 49.2. The summed E-state index contributed by atoms with van der Waals surface area (Å²) in [6.45, 7) is -0.0650. The van der Waals surface area contributed by atoms with Crippen molar-refractivity contribution in [2.45, 2.75) is 48.9 Å². The number of nitrogens with two attached hydrogens (primary N) is 2. The van der Waals surface area contributed by atoms with Crippen molar-refractivity contribution in [2.75, 3.05) is 13.1 Å². The van der Waals surface area contributed by atoms with Crippen LogP contribution in [0.2, 0.25) is 0 Å². The Morgan fingerprint density at radius 2 is 1.74 bits per heavy atom. The smallest absolute Gasteiger partial charge is 0.386 e. The van der Waals surface area contributed by atoms with Gasteiger partial charge in [0.05, 0.1) is 24.2 Å². The SMILES string of the molecule is NC1=N[C@H]2[C@H](CN3C(=O)CCC3=O)N=C(N)N3C[C@H](NC(=O)c4ccc(-c5ccccc5C(F)(F)F)cc4)[C@@H](O)[C@]23N1. The molecule has 0 aliphatic carbocycles. The number of nitrogens with one attached hydrogen (secondary N) is 2. The minimum atomic E-state index is -4.54. The summed E-state index contributed by atoms with van der Waals surface area (Å²) in [7, 11) is 0. The monoisotopic (exact) mass is 584 g/mol. The van der Waals surface area contributed by atoms with E-state index in [-0.39, 0.29) is 66.4 Å². The number of aliphatic hydroxyl groups excluding tert-OH is 1. The summed E-state index contributed by atoms with van der Waals surface area (Å²) in [5.41, 5.74) is 10.5. The number of nitrogens with zero attached hydrogens (tertiary/aromatic N) is 4. The van der Waals surface area contributed by atoms with E-state index < -0.39 is 47.5 Å². The van der Waals surface area contributed by atoms with Crippen molar-refractivity contribution >= 4 is 29.6 Å². The standard InChI is InChI=1S/C27H27F3N8O4/c28-27(29,30)16-4-2-1-3-15(16)13-5-7-14(8-6-13)23(42)33-18-12-38-25(32)34-17(11-37-19(39)9-10-20(37)40)21-26(38,22(18)41)36-24(31)35-21/h1-8,17-18,21-22,41H,9-12H2,(H2,32,34)(H,33,42)(H3,31,35,36)/t17-,18-,21-,22+,26-/m0/s1. The van der Waals surface area contributed by atoms with Crippen LogP contribution in [-0.4, -0.2) is 87.5 Å². The van der Waals surface area contributed by atoms with Gasteiger partial charge in [-0.1, -0.05) is 30.3 Å². The molecule has 12 nitrogen and oxygen atoms in total. The summed E-state index contributed by atoms with van der Waals surface area (Å²) < 4.78 is 40.4. The molecule has 2 fully saturated rings. The van der Waals surface area contributed by atoms with Crippen LogP contribution in [0.4, 0.5) is 13.2 Å². The van der Waals surface area contributed by atoms with Gasteiger partial charge in [-0.2, -0.15) is 13.2 Å². The van der Waals surface area contributed by atoms with E-state index in [4.69, 9.17) is 11.5 Å². The first-order chi connectivity index (χ1) is 19.9. The molecule has 2 saturated heterocycles. The average molecular weight is 585 g/mol. The van der Waals surface area contributed by atoms with Crippen LogP contribution < -0.4 is 22.1 Å². The third kappa shape index (κ3) is 4.31. The Morgan fingerprint density at radius 3 is 2.40 bits per heavy atom. The van der Waals surface area contributed by atoms with E-state index in [1.807, 2.05) is 0 Å². The number of aliphatic imine (C=N–C) groups is 2. The number of alkyl halides is 3. The highest BCUT2D eigenvalue weighted by Gasteiger charge is 2.65. The van der Waals surface area contributed by atoms with Gasteiger partial charge in [0, 0.05) is 24.9 Å². The van der Waals surface area contributed by atoms with Crippen LogP contribution in [0.1, 0.15) is 28.8 Å². The Balaban J connectivity index is 1.21. The highest BCUT2D eigenvalue weighted by Crippen LogP contribution is 2.41. The lowest BCUT2D eigenvalue weighted by Crippen LogP contribution is -2.73. The fourth-order valence-corrected chi connectivity index (χ4v) is 6.24. The number of rotatable bonds is 5.